The van der Waals surface area contributed by atoms with E-state index in [0.29, 0.717) is 34.9 Å². The van der Waals surface area contributed by atoms with E-state index in [0.717, 1.165) is 5.56 Å². The van der Waals surface area contributed by atoms with Gasteiger partial charge in [0.25, 0.3) is 5.91 Å². The van der Waals surface area contributed by atoms with Gasteiger partial charge in [-0.2, -0.15) is 11.8 Å². The molecule has 0 bridgehead atoms. The van der Waals surface area contributed by atoms with Crippen molar-refractivity contribution in [2.75, 3.05) is 18.6 Å². The number of benzene rings is 2. The molecule has 0 spiro atoms. The molecule has 24 heavy (non-hydrogen) atoms. The number of rotatable bonds is 8. The second kappa shape index (κ2) is 9.59. The van der Waals surface area contributed by atoms with Crippen molar-refractivity contribution in [3.05, 3.63) is 71.0 Å². The van der Waals surface area contributed by atoms with Crippen LogP contribution in [0.5, 0.6) is 0 Å². The van der Waals surface area contributed by atoms with Crippen molar-refractivity contribution in [2.24, 2.45) is 0 Å². The minimum Gasteiger partial charge on any atom is -0.351 e. The third kappa shape index (κ3) is 6.09. The van der Waals surface area contributed by atoms with E-state index in [-0.39, 0.29) is 11.7 Å². The molecule has 128 valence electrons. The van der Waals surface area contributed by atoms with E-state index in [1.165, 1.54) is 6.07 Å². The summed E-state index contributed by atoms with van der Waals surface area (Å²) < 4.78 is 24.7. The first-order valence-corrected chi connectivity index (χ1v) is 10.4. The molecule has 0 aliphatic heterocycles. The molecule has 0 aliphatic carbocycles. The molecule has 2 rings (SSSR count). The first-order valence-electron chi connectivity index (χ1n) is 7.54. The molecular weight excluding hydrogens is 345 g/mol. The van der Waals surface area contributed by atoms with Crippen LogP contribution in [0.15, 0.2) is 48.5 Å². The lowest BCUT2D eigenvalue weighted by Crippen LogP contribution is -2.25. The van der Waals surface area contributed by atoms with Crippen LogP contribution in [0.4, 0.5) is 4.39 Å². The molecule has 6 heteroatoms. The zero-order valence-corrected chi connectivity index (χ0v) is 15.1. The normalized spacial score (nSPS) is 11.9. The lowest BCUT2D eigenvalue weighted by molar-refractivity contribution is 0.0956. The van der Waals surface area contributed by atoms with Crippen LogP contribution in [-0.4, -0.2) is 28.7 Å². The van der Waals surface area contributed by atoms with Gasteiger partial charge in [0.1, 0.15) is 5.82 Å². The molecule has 2 aromatic carbocycles. The Hall–Kier alpha value is -1.66. The lowest BCUT2D eigenvalue weighted by Gasteiger charge is -2.07. The predicted octanol–water partition coefficient (Wildman–Crippen LogP) is 3.37. The summed E-state index contributed by atoms with van der Waals surface area (Å²) in [5.74, 6) is 1.39. The van der Waals surface area contributed by atoms with Gasteiger partial charge in [-0.05, 0) is 29.3 Å². The standard InChI is InChI=1S/C18H20FNO2S2/c1-24(22)13-14-5-4-7-15(11-14)18(21)20-9-10-23-12-16-6-2-3-8-17(16)19/h2-8,11H,9-10,12-13H2,1H3,(H,20,21). The topological polar surface area (TPSA) is 46.2 Å². The maximum atomic E-state index is 13.5. The smallest absolute Gasteiger partial charge is 0.251 e. The van der Waals surface area contributed by atoms with Crippen molar-refractivity contribution in [1.82, 2.24) is 5.32 Å². The summed E-state index contributed by atoms with van der Waals surface area (Å²) in [6.07, 6.45) is 1.64. The molecule has 0 radical (unpaired) electrons. The Labute approximate surface area is 148 Å². The number of carbonyl (C=O) groups excluding carboxylic acids is 1. The highest BCUT2D eigenvalue weighted by Gasteiger charge is 2.07. The molecule has 2 aromatic rings. The molecule has 1 unspecified atom stereocenters. The van der Waals surface area contributed by atoms with Crippen molar-refractivity contribution in [2.45, 2.75) is 11.5 Å². The zero-order valence-electron chi connectivity index (χ0n) is 13.5. The minimum atomic E-state index is -0.932. The van der Waals surface area contributed by atoms with E-state index < -0.39 is 10.8 Å². The lowest BCUT2D eigenvalue weighted by atomic mass is 10.1. The van der Waals surface area contributed by atoms with Crippen LogP contribution < -0.4 is 5.32 Å². The van der Waals surface area contributed by atoms with E-state index in [4.69, 9.17) is 0 Å². The van der Waals surface area contributed by atoms with Gasteiger partial charge in [-0.3, -0.25) is 9.00 Å². The fourth-order valence-electron chi connectivity index (χ4n) is 2.17. The quantitative estimate of drug-likeness (QED) is 0.730. The Bertz CT molecular complexity index is 722. The third-order valence-corrected chi connectivity index (χ3v) is 5.05. The van der Waals surface area contributed by atoms with Crippen LogP contribution in [0.2, 0.25) is 0 Å². The fourth-order valence-corrected chi connectivity index (χ4v) is 3.67. The maximum Gasteiger partial charge on any atom is 0.251 e. The monoisotopic (exact) mass is 365 g/mol. The van der Waals surface area contributed by atoms with Gasteiger partial charge in [-0.1, -0.05) is 30.3 Å². The average molecular weight is 365 g/mol. The summed E-state index contributed by atoms with van der Waals surface area (Å²) in [7, 11) is -0.932. The summed E-state index contributed by atoms with van der Waals surface area (Å²) >= 11 is 1.57. The van der Waals surface area contributed by atoms with Crippen molar-refractivity contribution < 1.29 is 13.4 Å². The van der Waals surface area contributed by atoms with Crippen LogP contribution in [0.25, 0.3) is 0 Å². The van der Waals surface area contributed by atoms with Gasteiger partial charge in [0, 0.05) is 46.4 Å². The van der Waals surface area contributed by atoms with Gasteiger partial charge >= 0.3 is 0 Å². The number of hydrogen-bond donors (Lipinski definition) is 1. The molecular formula is C18H20FNO2S2. The Morgan fingerprint density at radius 2 is 2.00 bits per heavy atom. The van der Waals surface area contributed by atoms with Crippen LogP contribution in [-0.2, 0) is 22.3 Å². The van der Waals surface area contributed by atoms with Crippen LogP contribution in [0.1, 0.15) is 21.5 Å². The van der Waals surface area contributed by atoms with Gasteiger partial charge in [0.05, 0.1) is 0 Å². The summed E-state index contributed by atoms with van der Waals surface area (Å²) in [6.45, 7) is 0.516. The second-order valence-corrected chi connectivity index (χ2v) is 7.86. The zero-order chi connectivity index (χ0) is 17.4. The van der Waals surface area contributed by atoms with E-state index >= 15 is 0 Å². The average Bonchev–Trinajstić information content (AvgIpc) is 2.55. The molecule has 0 fully saturated rings. The SMILES string of the molecule is CS(=O)Cc1cccc(C(=O)NCCSCc2ccccc2F)c1. The van der Waals surface area contributed by atoms with Gasteiger partial charge in [0.15, 0.2) is 0 Å². The number of hydrogen-bond acceptors (Lipinski definition) is 3. The molecule has 0 saturated carbocycles. The molecule has 0 saturated heterocycles. The highest BCUT2D eigenvalue weighted by Crippen LogP contribution is 2.14. The molecule has 0 aliphatic rings. The Kier molecular flexibility index (Phi) is 7.46. The minimum absolute atomic E-state index is 0.148. The van der Waals surface area contributed by atoms with Gasteiger partial charge in [0.2, 0.25) is 0 Å². The highest BCUT2D eigenvalue weighted by molar-refractivity contribution is 7.98. The summed E-state index contributed by atoms with van der Waals surface area (Å²) in [5.41, 5.74) is 2.13. The van der Waals surface area contributed by atoms with Gasteiger partial charge in [-0.25, -0.2) is 4.39 Å². The number of thioether (sulfide) groups is 1. The Morgan fingerprint density at radius 3 is 2.75 bits per heavy atom. The van der Waals surface area contributed by atoms with E-state index in [1.54, 1.807) is 48.3 Å². The number of amides is 1. The van der Waals surface area contributed by atoms with Crippen LogP contribution in [0.3, 0.4) is 0 Å². The maximum absolute atomic E-state index is 13.5. The van der Waals surface area contributed by atoms with Crippen LogP contribution >= 0.6 is 11.8 Å². The molecule has 1 N–H and O–H groups in total. The third-order valence-electron chi connectivity index (χ3n) is 3.31. The molecule has 0 heterocycles. The molecule has 3 nitrogen and oxygen atoms in total. The van der Waals surface area contributed by atoms with Crippen molar-refractivity contribution in [1.29, 1.82) is 0 Å². The summed E-state index contributed by atoms with van der Waals surface area (Å²) in [4.78, 5) is 12.1. The number of carbonyl (C=O) groups is 1. The Balaban J connectivity index is 1.75. The first kappa shape index (κ1) is 18.7. The summed E-state index contributed by atoms with van der Waals surface area (Å²) in [5, 5.41) is 2.85. The van der Waals surface area contributed by atoms with E-state index in [9.17, 15) is 13.4 Å². The number of nitrogens with one attached hydrogen (secondary N) is 1. The molecule has 1 atom stereocenters. The van der Waals surface area contributed by atoms with E-state index in [1.807, 2.05) is 12.1 Å². The second-order valence-electron chi connectivity index (χ2n) is 5.32. The van der Waals surface area contributed by atoms with Gasteiger partial charge in [-0.15, -0.1) is 0 Å². The number of halogens is 1. The van der Waals surface area contributed by atoms with Crippen LogP contribution in [0, 0.1) is 5.82 Å². The molecule has 1 amide bonds. The Morgan fingerprint density at radius 1 is 1.21 bits per heavy atom. The predicted molar refractivity (Wildman–Crippen MR) is 99.1 cm³/mol. The highest BCUT2D eigenvalue weighted by atomic mass is 32.2. The van der Waals surface area contributed by atoms with Crippen molar-refractivity contribution >= 4 is 28.5 Å². The van der Waals surface area contributed by atoms with Crippen molar-refractivity contribution in [3.8, 4) is 0 Å². The van der Waals surface area contributed by atoms with E-state index in [2.05, 4.69) is 5.32 Å². The largest absolute Gasteiger partial charge is 0.351 e. The molecule has 0 aromatic heterocycles. The van der Waals surface area contributed by atoms with Gasteiger partial charge < -0.3 is 5.32 Å². The first-order chi connectivity index (χ1) is 11.6. The fraction of sp³-hybridized carbons (Fsp3) is 0.278. The summed E-state index contributed by atoms with van der Waals surface area (Å²) in [6, 6.07) is 13.9. The van der Waals surface area contributed by atoms with Crippen molar-refractivity contribution in [3.63, 3.8) is 0 Å².